The Morgan fingerprint density at radius 2 is 2.17 bits per heavy atom. The number of benzene rings is 1. The van der Waals surface area contributed by atoms with Gasteiger partial charge >= 0.3 is 0 Å². The molecule has 0 aliphatic heterocycles. The Morgan fingerprint density at radius 3 is 2.67 bits per heavy atom. The van der Waals surface area contributed by atoms with Crippen molar-refractivity contribution in [3.63, 3.8) is 0 Å². The van der Waals surface area contributed by atoms with Gasteiger partial charge in [-0.1, -0.05) is 6.07 Å². The fourth-order valence-corrected chi connectivity index (χ4v) is 1.84. The Bertz CT molecular complexity index is 526. The molecule has 1 unspecified atom stereocenters. The molecule has 18 heavy (non-hydrogen) atoms. The molecule has 100 valence electrons. The second kappa shape index (κ2) is 5.91. The standard InChI is InChI=1S/C10H15N3O4S/c1-17-9(6-11)10(14)13-7-3-2-4-8(5-7)18(12,15)16/h2-5,9H,6,11H2,1H3,(H,13,14)(H2,12,15,16). The number of carbonyl (C=O) groups is 1. The first-order valence-electron chi connectivity index (χ1n) is 5.05. The Kier molecular flexibility index (Phi) is 4.79. The van der Waals surface area contributed by atoms with Crippen LogP contribution in [0.15, 0.2) is 29.2 Å². The molecule has 1 aromatic carbocycles. The van der Waals surface area contributed by atoms with Gasteiger partial charge in [-0.25, -0.2) is 13.6 Å². The van der Waals surface area contributed by atoms with Crippen molar-refractivity contribution in [2.24, 2.45) is 10.9 Å². The van der Waals surface area contributed by atoms with Crippen LogP contribution in [0.2, 0.25) is 0 Å². The van der Waals surface area contributed by atoms with E-state index in [1.54, 1.807) is 0 Å². The summed E-state index contributed by atoms with van der Waals surface area (Å²) in [6.45, 7) is 0.0250. The molecule has 0 aliphatic rings. The highest BCUT2D eigenvalue weighted by atomic mass is 32.2. The zero-order chi connectivity index (χ0) is 13.8. The van der Waals surface area contributed by atoms with E-state index in [-0.39, 0.29) is 11.4 Å². The van der Waals surface area contributed by atoms with E-state index in [0.29, 0.717) is 5.69 Å². The first kappa shape index (κ1) is 14.6. The van der Waals surface area contributed by atoms with Crippen molar-refractivity contribution in [3.8, 4) is 0 Å². The van der Waals surface area contributed by atoms with Gasteiger partial charge in [0.15, 0.2) is 0 Å². The Balaban J connectivity index is 2.89. The monoisotopic (exact) mass is 273 g/mol. The zero-order valence-electron chi connectivity index (χ0n) is 9.79. The predicted octanol–water partition coefficient (Wildman–Crippen LogP) is -0.754. The van der Waals surface area contributed by atoms with Crippen molar-refractivity contribution in [2.75, 3.05) is 19.0 Å². The minimum atomic E-state index is -3.80. The normalized spacial score (nSPS) is 13.1. The van der Waals surface area contributed by atoms with E-state index in [0.717, 1.165) is 0 Å². The molecule has 0 heterocycles. The van der Waals surface area contributed by atoms with Gasteiger partial charge in [0.2, 0.25) is 10.0 Å². The number of anilines is 1. The van der Waals surface area contributed by atoms with Gasteiger partial charge in [0, 0.05) is 19.3 Å². The van der Waals surface area contributed by atoms with Gasteiger partial charge in [-0.2, -0.15) is 0 Å². The quantitative estimate of drug-likeness (QED) is 0.650. The number of methoxy groups -OCH3 is 1. The molecule has 0 aromatic heterocycles. The molecule has 1 aromatic rings. The topological polar surface area (TPSA) is 125 Å². The molecule has 0 saturated heterocycles. The number of amides is 1. The molecule has 0 saturated carbocycles. The van der Waals surface area contributed by atoms with Crippen molar-refractivity contribution >= 4 is 21.6 Å². The summed E-state index contributed by atoms with van der Waals surface area (Å²) in [5.41, 5.74) is 5.64. The number of nitrogens with one attached hydrogen (secondary N) is 1. The Labute approximate surface area is 105 Å². The summed E-state index contributed by atoms with van der Waals surface area (Å²) in [4.78, 5) is 11.6. The molecule has 7 nitrogen and oxygen atoms in total. The fraction of sp³-hybridized carbons (Fsp3) is 0.300. The fourth-order valence-electron chi connectivity index (χ4n) is 1.28. The summed E-state index contributed by atoms with van der Waals surface area (Å²) in [6.07, 6.45) is -0.789. The summed E-state index contributed by atoms with van der Waals surface area (Å²) in [6, 6.07) is 5.60. The maximum Gasteiger partial charge on any atom is 0.254 e. The second-order valence-electron chi connectivity index (χ2n) is 3.52. The van der Waals surface area contributed by atoms with Crippen LogP contribution >= 0.6 is 0 Å². The van der Waals surface area contributed by atoms with E-state index in [1.165, 1.54) is 31.4 Å². The van der Waals surface area contributed by atoms with Crippen molar-refractivity contribution in [3.05, 3.63) is 24.3 Å². The third-order valence-corrected chi connectivity index (χ3v) is 3.13. The lowest BCUT2D eigenvalue weighted by Crippen LogP contribution is -2.35. The lowest BCUT2D eigenvalue weighted by molar-refractivity contribution is -0.125. The van der Waals surface area contributed by atoms with Crippen LogP contribution in [0.3, 0.4) is 0 Å². The number of primary sulfonamides is 1. The number of ether oxygens (including phenoxy) is 1. The summed E-state index contributed by atoms with van der Waals surface area (Å²) in [5, 5.41) is 7.48. The van der Waals surface area contributed by atoms with Crippen molar-refractivity contribution in [2.45, 2.75) is 11.0 Å². The van der Waals surface area contributed by atoms with Gasteiger partial charge in [-0.3, -0.25) is 4.79 Å². The molecule has 1 rings (SSSR count). The van der Waals surface area contributed by atoms with Crippen LogP contribution in [-0.4, -0.2) is 34.1 Å². The lowest BCUT2D eigenvalue weighted by atomic mass is 10.3. The smallest absolute Gasteiger partial charge is 0.254 e. The maximum atomic E-state index is 11.6. The number of rotatable bonds is 5. The summed E-state index contributed by atoms with van der Waals surface area (Å²) in [7, 11) is -2.44. The van der Waals surface area contributed by atoms with Crippen LogP contribution in [0.5, 0.6) is 0 Å². The van der Waals surface area contributed by atoms with Crippen molar-refractivity contribution in [1.29, 1.82) is 0 Å². The third kappa shape index (κ3) is 3.77. The van der Waals surface area contributed by atoms with Crippen LogP contribution in [0.25, 0.3) is 0 Å². The number of hydrogen-bond donors (Lipinski definition) is 3. The van der Waals surface area contributed by atoms with E-state index in [9.17, 15) is 13.2 Å². The molecule has 0 spiro atoms. The minimum Gasteiger partial charge on any atom is -0.370 e. The number of carbonyl (C=O) groups excluding carboxylic acids is 1. The molecule has 1 atom stereocenters. The van der Waals surface area contributed by atoms with E-state index >= 15 is 0 Å². The summed E-state index contributed by atoms with van der Waals surface area (Å²) >= 11 is 0. The SMILES string of the molecule is COC(CN)C(=O)Nc1cccc(S(N)(=O)=O)c1. The van der Waals surface area contributed by atoms with Gasteiger partial charge in [0.05, 0.1) is 4.90 Å². The van der Waals surface area contributed by atoms with Crippen LogP contribution in [0.1, 0.15) is 0 Å². The highest BCUT2D eigenvalue weighted by Crippen LogP contribution is 2.14. The van der Waals surface area contributed by atoms with Crippen molar-refractivity contribution in [1.82, 2.24) is 0 Å². The molecular weight excluding hydrogens is 258 g/mol. The largest absolute Gasteiger partial charge is 0.370 e. The molecule has 1 amide bonds. The molecule has 0 aliphatic carbocycles. The highest BCUT2D eigenvalue weighted by Gasteiger charge is 2.16. The van der Waals surface area contributed by atoms with Crippen LogP contribution in [0.4, 0.5) is 5.69 Å². The van der Waals surface area contributed by atoms with Gasteiger partial charge in [-0.05, 0) is 18.2 Å². The molecule has 0 radical (unpaired) electrons. The number of hydrogen-bond acceptors (Lipinski definition) is 5. The summed E-state index contributed by atoms with van der Waals surface area (Å²) < 4.78 is 27.1. The molecule has 5 N–H and O–H groups in total. The van der Waals surface area contributed by atoms with Gasteiger partial charge in [-0.15, -0.1) is 0 Å². The molecule has 0 fully saturated rings. The van der Waals surface area contributed by atoms with Crippen LogP contribution in [0, 0.1) is 0 Å². The summed E-state index contributed by atoms with van der Waals surface area (Å²) in [5.74, 6) is -0.452. The predicted molar refractivity (Wildman–Crippen MR) is 66.3 cm³/mol. The minimum absolute atomic E-state index is 0.0250. The van der Waals surface area contributed by atoms with E-state index in [1.807, 2.05) is 0 Å². The Morgan fingerprint density at radius 1 is 1.50 bits per heavy atom. The van der Waals surface area contributed by atoms with E-state index in [4.69, 9.17) is 15.6 Å². The average Bonchev–Trinajstić information content (AvgIpc) is 2.29. The Hall–Kier alpha value is -1.48. The van der Waals surface area contributed by atoms with Crippen LogP contribution < -0.4 is 16.2 Å². The average molecular weight is 273 g/mol. The van der Waals surface area contributed by atoms with Gasteiger partial charge < -0.3 is 15.8 Å². The van der Waals surface area contributed by atoms with Gasteiger partial charge in [0.25, 0.3) is 5.91 Å². The zero-order valence-corrected chi connectivity index (χ0v) is 10.6. The second-order valence-corrected chi connectivity index (χ2v) is 5.08. The van der Waals surface area contributed by atoms with E-state index < -0.39 is 22.0 Å². The third-order valence-electron chi connectivity index (χ3n) is 2.22. The molecule has 8 heteroatoms. The molecular formula is C10H15N3O4S. The number of nitrogens with two attached hydrogens (primary N) is 2. The number of sulfonamides is 1. The lowest BCUT2D eigenvalue weighted by Gasteiger charge is -2.13. The van der Waals surface area contributed by atoms with Crippen molar-refractivity contribution < 1.29 is 17.9 Å². The highest BCUT2D eigenvalue weighted by molar-refractivity contribution is 7.89. The maximum absolute atomic E-state index is 11.6. The first-order valence-corrected chi connectivity index (χ1v) is 6.59. The van der Waals surface area contributed by atoms with Gasteiger partial charge in [0.1, 0.15) is 6.10 Å². The van der Waals surface area contributed by atoms with Crippen LogP contribution in [-0.2, 0) is 19.6 Å². The molecule has 0 bridgehead atoms. The first-order chi connectivity index (χ1) is 8.38. The van der Waals surface area contributed by atoms with E-state index in [2.05, 4.69) is 5.32 Å².